The van der Waals surface area contributed by atoms with Gasteiger partial charge in [-0.25, -0.2) is 0 Å². The number of nitrogens with zero attached hydrogens (tertiary/aromatic N) is 1. The summed E-state index contributed by atoms with van der Waals surface area (Å²) in [6, 6.07) is 8.08. The van der Waals surface area contributed by atoms with Crippen molar-refractivity contribution in [3.8, 4) is 0 Å². The lowest BCUT2D eigenvalue weighted by Gasteiger charge is -2.39. The molecule has 1 aromatic carbocycles. The van der Waals surface area contributed by atoms with E-state index in [4.69, 9.17) is 4.74 Å². The lowest BCUT2D eigenvalue weighted by Crippen LogP contribution is -2.55. The van der Waals surface area contributed by atoms with Crippen LogP contribution in [0.25, 0.3) is 0 Å². The number of aryl methyl sites for hydroxylation is 1. The molecular weight excluding hydrogens is 228 g/mol. The Balaban J connectivity index is 1.87. The van der Waals surface area contributed by atoms with E-state index < -0.39 is 0 Å². The van der Waals surface area contributed by atoms with Gasteiger partial charge in [0.15, 0.2) is 0 Å². The molecule has 1 spiro atoms. The van der Waals surface area contributed by atoms with Gasteiger partial charge < -0.3 is 15.0 Å². The quantitative estimate of drug-likeness (QED) is 0.806. The fourth-order valence-corrected chi connectivity index (χ4v) is 2.72. The van der Waals surface area contributed by atoms with Gasteiger partial charge >= 0.3 is 0 Å². The zero-order chi connectivity index (χ0) is 12.6. The summed E-state index contributed by atoms with van der Waals surface area (Å²) in [5, 5.41) is 3.32. The maximum absolute atomic E-state index is 12.0. The van der Waals surface area contributed by atoms with Crippen LogP contribution in [-0.2, 0) is 9.53 Å². The average Bonchev–Trinajstić information content (AvgIpc) is 2.81. The van der Waals surface area contributed by atoms with Crippen molar-refractivity contribution in [2.24, 2.45) is 0 Å². The number of hydrogen-bond donors (Lipinski definition) is 1. The van der Waals surface area contributed by atoms with Crippen LogP contribution in [0.4, 0.5) is 5.69 Å². The molecule has 2 aliphatic heterocycles. The number of morpholine rings is 1. The Morgan fingerprint density at radius 3 is 3.06 bits per heavy atom. The van der Waals surface area contributed by atoms with E-state index in [-0.39, 0.29) is 18.1 Å². The molecule has 0 bridgehead atoms. The molecule has 1 amide bonds. The Kier molecular flexibility index (Phi) is 2.84. The van der Waals surface area contributed by atoms with E-state index in [0.717, 1.165) is 25.2 Å². The molecule has 96 valence electrons. The van der Waals surface area contributed by atoms with Gasteiger partial charge in [-0.3, -0.25) is 4.79 Å². The number of rotatable bonds is 1. The average molecular weight is 246 g/mol. The van der Waals surface area contributed by atoms with Crippen molar-refractivity contribution < 1.29 is 9.53 Å². The zero-order valence-electron chi connectivity index (χ0n) is 10.6. The van der Waals surface area contributed by atoms with Crippen molar-refractivity contribution >= 4 is 11.6 Å². The second-order valence-corrected chi connectivity index (χ2v) is 5.22. The van der Waals surface area contributed by atoms with Crippen molar-refractivity contribution in [1.82, 2.24) is 5.32 Å². The number of amides is 1. The van der Waals surface area contributed by atoms with Crippen molar-refractivity contribution in [2.75, 3.05) is 31.1 Å². The first-order valence-corrected chi connectivity index (χ1v) is 6.40. The SMILES string of the molecule is Cc1cccc(N2CC3(CCNC3)OCC2=O)c1. The van der Waals surface area contributed by atoms with E-state index in [2.05, 4.69) is 11.4 Å². The van der Waals surface area contributed by atoms with Crippen molar-refractivity contribution in [1.29, 1.82) is 0 Å². The predicted molar refractivity (Wildman–Crippen MR) is 69.7 cm³/mol. The molecule has 0 aliphatic carbocycles. The van der Waals surface area contributed by atoms with Crippen LogP contribution in [0.15, 0.2) is 24.3 Å². The molecule has 2 heterocycles. The molecule has 4 heteroatoms. The summed E-state index contributed by atoms with van der Waals surface area (Å²) in [5.74, 6) is 0.0538. The number of anilines is 1. The smallest absolute Gasteiger partial charge is 0.253 e. The first-order chi connectivity index (χ1) is 8.69. The molecule has 2 fully saturated rings. The van der Waals surface area contributed by atoms with Gasteiger partial charge in [-0.05, 0) is 37.6 Å². The predicted octanol–water partition coefficient (Wildman–Crippen LogP) is 1.09. The third kappa shape index (κ3) is 2.02. The van der Waals surface area contributed by atoms with Crippen LogP contribution in [-0.4, -0.2) is 37.7 Å². The standard InChI is InChI=1S/C14H18N2O2/c1-11-3-2-4-12(7-11)16-10-14(5-6-15-9-14)18-8-13(16)17/h2-4,7,15H,5-6,8-10H2,1H3. The first-order valence-electron chi connectivity index (χ1n) is 6.40. The second kappa shape index (κ2) is 4.37. The Hall–Kier alpha value is -1.39. The van der Waals surface area contributed by atoms with Gasteiger partial charge in [-0.1, -0.05) is 12.1 Å². The normalized spacial score (nSPS) is 28.1. The Morgan fingerprint density at radius 1 is 1.44 bits per heavy atom. The van der Waals surface area contributed by atoms with E-state index in [1.165, 1.54) is 5.56 Å². The third-order valence-corrected chi connectivity index (χ3v) is 3.77. The van der Waals surface area contributed by atoms with Gasteiger partial charge in [0, 0.05) is 12.2 Å². The second-order valence-electron chi connectivity index (χ2n) is 5.22. The summed E-state index contributed by atoms with van der Waals surface area (Å²) in [7, 11) is 0. The molecule has 0 radical (unpaired) electrons. The van der Waals surface area contributed by atoms with Crippen molar-refractivity contribution in [2.45, 2.75) is 18.9 Å². The molecular formula is C14H18N2O2. The number of carbonyl (C=O) groups excluding carboxylic acids is 1. The minimum absolute atomic E-state index is 0.0538. The number of hydrogen-bond acceptors (Lipinski definition) is 3. The highest BCUT2D eigenvalue weighted by Crippen LogP contribution is 2.28. The molecule has 1 atom stereocenters. The molecule has 18 heavy (non-hydrogen) atoms. The summed E-state index contributed by atoms with van der Waals surface area (Å²) in [6.45, 7) is 4.69. The minimum atomic E-state index is -0.183. The summed E-state index contributed by atoms with van der Waals surface area (Å²) >= 11 is 0. The van der Waals surface area contributed by atoms with Crippen LogP contribution in [0.1, 0.15) is 12.0 Å². The number of carbonyl (C=O) groups is 1. The first kappa shape index (κ1) is 11.7. The van der Waals surface area contributed by atoms with Gasteiger partial charge in [-0.2, -0.15) is 0 Å². The van der Waals surface area contributed by atoms with Crippen LogP contribution < -0.4 is 10.2 Å². The maximum atomic E-state index is 12.0. The molecule has 1 unspecified atom stereocenters. The summed E-state index contributed by atoms with van der Waals surface area (Å²) in [5.41, 5.74) is 1.97. The van der Waals surface area contributed by atoms with Gasteiger partial charge in [0.2, 0.25) is 0 Å². The lowest BCUT2D eigenvalue weighted by molar-refractivity contribution is -0.136. The fourth-order valence-electron chi connectivity index (χ4n) is 2.72. The van der Waals surface area contributed by atoms with Crippen molar-refractivity contribution in [3.05, 3.63) is 29.8 Å². The Bertz CT molecular complexity index is 467. The van der Waals surface area contributed by atoms with E-state index in [1.54, 1.807) is 0 Å². The minimum Gasteiger partial charge on any atom is -0.362 e. The highest BCUT2D eigenvalue weighted by Gasteiger charge is 2.42. The summed E-state index contributed by atoms with van der Waals surface area (Å²) < 4.78 is 5.77. The summed E-state index contributed by atoms with van der Waals surface area (Å²) in [4.78, 5) is 13.9. The molecule has 0 aromatic heterocycles. The van der Waals surface area contributed by atoms with Crippen molar-refractivity contribution in [3.63, 3.8) is 0 Å². The van der Waals surface area contributed by atoms with Gasteiger partial charge in [0.25, 0.3) is 5.91 Å². The molecule has 2 saturated heterocycles. The Labute approximate surface area is 107 Å². The molecule has 4 nitrogen and oxygen atoms in total. The van der Waals surface area contributed by atoms with Gasteiger partial charge in [0.05, 0.1) is 6.54 Å². The monoisotopic (exact) mass is 246 g/mol. The van der Waals surface area contributed by atoms with E-state index >= 15 is 0 Å². The highest BCUT2D eigenvalue weighted by molar-refractivity contribution is 5.95. The Morgan fingerprint density at radius 2 is 2.33 bits per heavy atom. The number of benzene rings is 1. The lowest BCUT2D eigenvalue weighted by atomic mass is 10.00. The van der Waals surface area contributed by atoms with Crippen LogP contribution in [0, 0.1) is 6.92 Å². The summed E-state index contributed by atoms with van der Waals surface area (Å²) in [6.07, 6.45) is 0.975. The van der Waals surface area contributed by atoms with Crippen LogP contribution in [0.2, 0.25) is 0 Å². The maximum Gasteiger partial charge on any atom is 0.253 e. The van der Waals surface area contributed by atoms with E-state index in [9.17, 15) is 4.79 Å². The molecule has 1 aromatic rings. The van der Waals surface area contributed by atoms with Gasteiger partial charge in [0.1, 0.15) is 12.2 Å². The van der Waals surface area contributed by atoms with Crippen LogP contribution >= 0.6 is 0 Å². The molecule has 3 rings (SSSR count). The van der Waals surface area contributed by atoms with Crippen LogP contribution in [0.5, 0.6) is 0 Å². The number of ether oxygens (including phenoxy) is 1. The largest absolute Gasteiger partial charge is 0.362 e. The highest BCUT2D eigenvalue weighted by atomic mass is 16.5. The van der Waals surface area contributed by atoms with E-state index in [0.29, 0.717) is 6.54 Å². The van der Waals surface area contributed by atoms with Crippen LogP contribution in [0.3, 0.4) is 0 Å². The third-order valence-electron chi connectivity index (χ3n) is 3.77. The number of nitrogens with one attached hydrogen (secondary N) is 1. The zero-order valence-corrected chi connectivity index (χ0v) is 10.6. The fraction of sp³-hybridized carbons (Fsp3) is 0.500. The van der Waals surface area contributed by atoms with E-state index in [1.807, 2.05) is 30.0 Å². The van der Waals surface area contributed by atoms with Gasteiger partial charge in [-0.15, -0.1) is 0 Å². The molecule has 2 aliphatic rings. The molecule has 1 N–H and O–H groups in total. The topological polar surface area (TPSA) is 41.6 Å². The molecule has 0 saturated carbocycles.